The van der Waals surface area contributed by atoms with Crippen molar-refractivity contribution in [2.45, 2.75) is 18.9 Å². The van der Waals surface area contributed by atoms with Gasteiger partial charge in [0.25, 0.3) is 5.91 Å². The molecular weight excluding hydrogens is 362 g/mol. The van der Waals surface area contributed by atoms with Gasteiger partial charge in [-0.2, -0.15) is 5.10 Å². The molecule has 1 aliphatic rings. The van der Waals surface area contributed by atoms with Gasteiger partial charge in [0.2, 0.25) is 0 Å². The molecule has 2 aromatic carbocycles. The smallest absolute Gasteiger partial charge is 0.346 e. The molecule has 1 atom stereocenters. The molecule has 1 aliphatic heterocycles. The van der Waals surface area contributed by atoms with Crippen LogP contribution in [0.2, 0.25) is 0 Å². The third-order valence-corrected chi connectivity index (χ3v) is 4.44. The van der Waals surface area contributed by atoms with Crippen LogP contribution in [0.15, 0.2) is 59.7 Å². The molecule has 1 N–H and O–H groups in total. The number of carboxylic acid groups (broad SMARTS) is 1. The highest BCUT2D eigenvalue weighted by Gasteiger charge is 2.51. The van der Waals surface area contributed by atoms with Gasteiger partial charge in [-0.1, -0.05) is 49.4 Å². The van der Waals surface area contributed by atoms with Crippen molar-refractivity contribution in [1.29, 1.82) is 0 Å². The van der Waals surface area contributed by atoms with Crippen LogP contribution in [0.3, 0.4) is 0 Å². The molecule has 0 bridgehead atoms. The minimum Gasteiger partial charge on any atom is -0.546 e. The lowest BCUT2D eigenvalue weighted by Crippen LogP contribution is -2.43. The average molecular weight is 380 g/mol. The van der Waals surface area contributed by atoms with Gasteiger partial charge < -0.3 is 20.0 Å². The number of nitrogens with zero attached hydrogens (tertiary/aromatic N) is 2. The van der Waals surface area contributed by atoms with Crippen molar-refractivity contribution in [3.8, 4) is 5.75 Å². The standard InChI is InChI=1S/C20H19N3O5/c1-2-20(15-9-4-3-5-10-15)18(26)23(19(27)22-20)21-12-14-8-6-7-11-16(14)28-13-17(24)25/h3-12H,2,13H2,1H3,(H,22,27)(H,24,25)/p-1/b21-12-/t20-/m1/s1. The van der Waals surface area contributed by atoms with E-state index < -0.39 is 30.1 Å². The zero-order valence-electron chi connectivity index (χ0n) is 15.1. The van der Waals surface area contributed by atoms with Crippen LogP contribution in [0.5, 0.6) is 5.75 Å². The van der Waals surface area contributed by atoms with Gasteiger partial charge >= 0.3 is 6.03 Å². The first-order valence-electron chi connectivity index (χ1n) is 8.66. The van der Waals surface area contributed by atoms with Crippen LogP contribution in [0.4, 0.5) is 4.79 Å². The molecule has 3 rings (SSSR count). The molecule has 1 saturated heterocycles. The number of ether oxygens (including phenoxy) is 1. The molecule has 2 aromatic rings. The zero-order chi connectivity index (χ0) is 20.1. The van der Waals surface area contributed by atoms with Crippen molar-refractivity contribution in [3.63, 3.8) is 0 Å². The third kappa shape index (κ3) is 3.57. The Kier molecular flexibility index (Phi) is 5.39. The van der Waals surface area contributed by atoms with Crippen molar-refractivity contribution < 1.29 is 24.2 Å². The zero-order valence-corrected chi connectivity index (χ0v) is 15.1. The number of benzene rings is 2. The van der Waals surface area contributed by atoms with Gasteiger partial charge in [0.15, 0.2) is 0 Å². The number of hydrogen-bond donors (Lipinski definition) is 1. The van der Waals surface area contributed by atoms with Crippen molar-refractivity contribution in [1.82, 2.24) is 10.3 Å². The first kappa shape index (κ1) is 19.1. The number of rotatable bonds is 7. The summed E-state index contributed by atoms with van der Waals surface area (Å²) in [5.41, 5.74) is -0.0926. The van der Waals surface area contributed by atoms with Gasteiger partial charge in [0.1, 0.15) is 17.9 Å². The summed E-state index contributed by atoms with van der Waals surface area (Å²) in [6.45, 7) is 1.18. The quantitative estimate of drug-likeness (QED) is 0.569. The number of aliphatic carboxylic acids is 1. The normalized spacial score (nSPS) is 19.1. The third-order valence-electron chi connectivity index (χ3n) is 4.44. The van der Waals surface area contributed by atoms with Crippen LogP contribution in [-0.2, 0) is 15.1 Å². The van der Waals surface area contributed by atoms with Gasteiger partial charge in [-0.25, -0.2) is 4.79 Å². The summed E-state index contributed by atoms with van der Waals surface area (Å²) in [6.07, 6.45) is 1.64. The minimum atomic E-state index is -1.36. The molecule has 8 nitrogen and oxygen atoms in total. The topological polar surface area (TPSA) is 111 Å². The van der Waals surface area contributed by atoms with Crippen LogP contribution in [-0.4, -0.2) is 35.7 Å². The highest BCUT2D eigenvalue weighted by Crippen LogP contribution is 2.32. The Bertz CT molecular complexity index is 928. The molecule has 3 amide bonds. The lowest BCUT2D eigenvalue weighted by Gasteiger charge is -2.24. The fourth-order valence-electron chi connectivity index (χ4n) is 3.00. The van der Waals surface area contributed by atoms with E-state index in [-0.39, 0.29) is 5.75 Å². The van der Waals surface area contributed by atoms with Gasteiger partial charge in [-0.15, -0.1) is 5.01 Å². The first-order valence-corrected chi connectivity index (χ1v) is 8.66. The summed E-state index contributed by atoms with van der Waals surface area (Å²) >= 11 is 0. The second kappa shape index (κ2) is 7.91. The average Bonchev–Trinajstić information content (AvgIpc) is 2.96. The van der Waals surface area contributed by atoms with Crippen LogP contribution in [0, 0.1) is 0 Å². The largest absolute Gasteiger partial charge is 0.546 e. The van der Waals surface area contributed by atoms with Gasteiger partial charge in [0, 0.05) is 5.56 Å². The molecule has 28 heavy (non-hydrogen) atoms. The molecule has 144 valence electrons. The Labute approximate surface area is 161 Å². The maximum atomic E-state index is 13.0. The predicted octanol–water partition coefficient (Wildman–Crippen LogP) is 1.01. The fraction of sp³-hybridized carbons (Fsp3) is 0.200. The van der Waals surface area contributed by atoms with E-state index in [0.29, 0.717) is 17.5 Å². The van der Waals surface area contributed by atoms with Crippen LogP contribution < -0.4 is 15.2 Å². The number of hydrogen-bond acceptors (Lipinski definition) is 6. The predicted molar refractivity (Wildman–Crippen MR) is 98.3 cm³/mol. The number of nitrogens with one attached hydrogen (secondary N) is 1. The summed E-state index contributed by atoms with van der Waals surface area (Å²) in [5.74, 6) is -1.61. The Hall–Kier alpha value is -3.68. The van der Waals surface area contributed by atoms with Crippen LogP contribution in [0.25, 0.3) is 0 Å². The summed E-state index contributed by atoms with van der Waals surface area (Å²) in [7, 11) is 0. The van der Waals surface area contributed by atoms with E-state index in [2.05, 4.69) is 10.4 Å². The van der Waals surface area contributed by atoms with E-state index in [1.165, 1.54) is 6.21 Å². The monoisotopic (exact) mass is 380 g/mol. The minimum absolute atomic E-state index is 0.243. The molecule has 1 fully saturated rings. The highest BCUT2D eigenvalue weighted by molar-refractivity contribution is 6.07. The number of urea groups is 1. The SMILES string of the molecule is CC[C@]1(c2ccccc2)NC(=O)N(/N=C\c2ccccc2OCC(=O)[O-])C1=O. The molecule has 0 radical (unpaired) electrons. The highest BCUT2D eigenvalue weighted by atomic mass is 16.5. The Balaban J connectivity index is 1.87. The second-order valence-electron chi connectivity index (χ2n) is 6.12. The van der Waals surface area contributed by atoms with E-state index in [9.17, 15) is 19.5 Å². The number of hydrazone groups is 1. The van der Waals surface area contributed by atoms with E-state index in [1.54, 1.807) is 48.5 Å². The number of carbonyl (C=O) groups is 3. The lowest BCUT2D eigenvalue weighted by atomic mass is 9.87. The molecule has 0 unspecified atom stereocenters. The Morgan fingerprint density at radius 2 is 1.86 bits per heavy atom. The summed E-state index contributed by atoms with van der Waals surface area (Å²) in [6, 6.07) is 14.9. The number of carboxylic acids is 1. The number of para-hydroxylation sites is 1. The molecule has 0 spiro atoms. The molecule has 0 saturated carbocycles. The van der Waals surface area contributed by atoms with Crippen molar-refractivity contribution in [2.75, 3.05) is 6.61 Å². The van der Waals surface area contributed by atoms with E-state index in [4.69, 9.17) is 4.74 Å². The molecule has 8 heteroatoms. The van der Waals surface area contributed by atoms with Crippen molar-refractivity contribution in [2.24, 2.45) is 5.10 Å². The maximum Gasteiger partial charge on any atom is 0.346 e. The Morgan fingerprint density at radius 3 is 2.54 bits per heavy atom. The van der Waals surface area contributed by atoms with E-state index in [1.807, 2.05) is 13.0 Å². The number of amides is 3. The van der Waals surface area contributed by atoms with Crippen LogP contribution in [0.1, 0.15) is 24.5 Å². The van der Waals surface area contributed by atoms with E-state index >= 15 is 0 Å². The summed E-state index contributed by atoms with van der Waals surface area (Å²) in [4.78, 5) is 36.0. The fourth-order valence-corrected chi connectivity index (χ4v) is 3.00. The lowest BCUT2D eigenvalue weighted by molar-refractivity contribution is -0.307. The summed E-state index contributed by atoms with van der Waals surface area (Å²) in [5, 5.41) is 18.1. The number of carbonyl (C=O) groups excluding carboxylic acids is 3. The Morgan fingerprint density at radius 1 is 1.18 bits per heavy atom. The van der Waals surface area contributed by atoms with Crippen molar-refractivity contribution >= 4 is 24.1 Å². The van der Waals surface area contributed by atoms with Crippen LogP contribution >= 0.6 is 0 Å². The second-order valence-corrected chi connectivity index (χ2v) is 6.12. The molecule has 0 aromatic heterocycles. The van der Waals surface area contributed by atoms with Gasteiger partial charge in [0.05, 0.1) is 12.2 Å². The molecular formula is C20H18N3O5-. The number of imide groups is 1. The molecule has 1 heterocycles. The van der Waals surface area contributed by atoms with Gasteiger partial charge in [-0.05, 0) is 24.1 Å². The first-order chi connectivity index (χ1) is 13.5. The van der Waals surface area contributed by atoms with E-state index in [0.717, 1.165) is 5.01 Å². The molecule has 0 aliphatic carbocycles. The van der Waals surface area contributed by atoms with Crippen molar-refractivity contribution in [3.05, 3.63) is 65.7 Å². The summed E-state index contributed by atoms with van der Waals surface area (Å²) < 4.78 is 5.14. The maximum absolute atomic E-state index is 13.0. The van der Waals surface area contributed by atoms with Gasteiger partial charge in [-0.3, -0.25) is 4.79 Å².